The van der Waals surface area contributed by atoms with Crippen molar-refractivity contribution in [3.8, 4) is 5.75 Å². The van der Waals surface area contributed by atoms with Gasteiger partial charge in [0.2, 0.25) is 10.0 Å². The first kappa shape index (κ1) is 22.3. The number of benzene rings is 3. The first-order valence-corrected chi connectivity index (χ1v) is 12.1. The molecule has 0 bridgehead atoms. The minimum Gasteiger partial charge on any atom is -0.507 e. The number of rotatable bonds is 5. The lowest BCUT2D eigenvalue weighted by molar-refractivity contribution is 0.0694. The zero-order valence-corrected chi connectivity index (χ0v) is 18.9. The van der Waals surface area contributed by atoms with Gasteiger partial charge >= 0.3 is 0 Å². The topological polar surface area (TPSA) is 77.9 Å². The van der Waals surface area contributed by atoms with Crippen LogP contribution in [0.1, 0.15) is 21.5 Å². The molecule has 1 N–H and O–H groups in total. The molecule has 3 aromatic carbocycles. The Bertz CT molecular complexity index is 1220. The molecule has 0 aromatic heterocycles. The lowest BCUT2D eigenvalue weighted by atomic mass is 10.0. The molecular formula is C24H23ClN2O4S. The normalized spacial score (nSPS) is 15.0. The largest absolute Gasteiger partial charge is 0.507 e. The van der Waals surface area contributed by atoms with E-state index in [2.05, 4.69) is 0 Å². The molecule has 1 aliphatic heterocycles. The molecule has 0 atom stereocenters. The van der Waals surface area contributed by atoms with Gasteiger partial charge in [0.05, 0.1) is 10.6 Å². The van der Waals surface area contributed by atoms with Crippen molar-refractivity contribution in [2.45, 2.75) is 11.3 Å². The molecule has 0 aliphatic carbocycles. The van der Waals surface area contributed by atoms with Crippen LogP contribution in [0.3, 0.4) is 0 Å². The predicted molar refractivity (Wildman–Crippen MR) is 123 cm³/mol. The van der Waals surface area contributed by atoms with Crippen LogP contribution in [0.2, 0.25) is 5.02 Å². The Labute approximate surface area is 192 Å². The van der Waals surface area contributed by atoms with Crippen LogP contribution >= 0.6 is 11.6 Å². The Kier molecular flexibility index (Phi) is 6.50. The fourth-order valence-corrected chi connectivity index (χ4v) is 5.71. The van der Waals surface area contributed by atoms with Crippen LogP contribution in [-0.2, 0) is 16.4 Å². The van der Waals surface area contributed by atoms with Gasteiger partial charge in [0.15, 0.2) is 0 Å². The van der Waals surface area contributed by atoms with Gasteiger partial charge in [0, 0.05) is 26.2 Å². The summed E-state index contributed by atoms with van der Waals surface area (Å²) in [5.74, 6) is -0.398. The Morgan fingerprint density at radius 1 is 0.875 bits per heavy atom. The van der Waals surface area contributed by atoms with E-state index in [0.717, 1.165) is 11.1 Å². The van der Waals surface area contributed by atoms with Gasteiger partial charge in [-0.1, -0.05) is 60.1 Å². The monoisotopic (exact) mass is 470 g/mol. The van der Waals surface area contributed by atoms with Crippen molar-refractivity contribution >= 4 is 27.5 Å². The number of hydrogen-bond acceptors (Lipinski definition) is 4. The number of halogens is 1. The van der Waals surface area contributed by atoms with E-state index < -0.39 is 10.0 Å². The van der Waals surface area contributed by atoms with Gasteiger partial charge in [-0.25, -0.2) is 8.42 Å². The van der Waals surface area contributed by atoms with E-state index in [1.54, 1.807) is 35.2 Å². The Morgan fingerprint density at radius 3 is 2.22 bits per heavy atom. The number of nitrogens with zero attached hydrogens (tertiary/aromatic N) is 2. The second kappa shape index (κ2) is 9.32. The number of piperazine rings is 1. The Balaban J connectivity index is 1.47. The van der Waals surface area contributed by atoms with E-state index in [1.165, 1.54) is 16.4 Å². The highest BCUT2D eigenvalue weighted by atomic mass is 35.5. The van der Waals surface area contributed by atoms with Gasteiger partial charge in [0.1, 0.15) is 10.6 Å². The molecule has 6 nitrogen and oxygen atoms in total. The molecule has 1 fully saturated rings. The highest BCUT2D eigenvalue weighted by molar-refractivity contribution is 7.89. The zero-order valence-electron chi connectivity index (χ0n) is 17.3. The number of carbonyl (C=O) groups is 1. The van der Waals surface area contributed by atoms with E-state index >= 15 is 0 Å². The van der Waals surface area contributed by atoms with Gasteiger partial charge < -0.3 is 10.0 Å². The van der Waals surface area contributed by atoms with E-state index in [9.17, 15) is 18.3 Å². The van der Waals surface area contributed by atoms with Gasteiger partial charge in [-0.3, -0.25) is 4.79 Å². The summed E-state index contributed by atoms with van der Waals surface area (Å²) in [4.78, 5) is 14.7. The summed E-state index contributed by atoms with van der Waals surface area (Å²) in [7, 11) is -3.74. The maximum atomic E-state index is 13.1. The number of phenolic OH excluding ortho intramolecular Hbond substituents is 1. The van der Waals surface area contributed by atoms with Crippen molar-refractivity contribution in [2.24, 2.45) is 0 Å². The van der Waals surface area contributed by atoms with E-state index in [4.69, 9.17) is 11.6 Å². The average Bonchev–Trinajstić information content (AvgIpc) is 2.81. The summed E-state index contributed by atoms with van der Waals surface area (Å²) in [6.45, 7) is 0.767. The van der Waals surface area contributed by atoms with E-state index in [1.807, 2.05) is 30.3 Å². The molecule has 0 unspecified atom stereocenters. The van der Waals surface area contributed by atoms with E-state index in [0.29, 0.717) is 6.42 Å². The zero-order chi connectivity index (χ0) is 22.7. The standard InChI is InChI=1S/C24H23ClN2O4S/c25-21-8-4-5-9-23(21)32(30,31)27-14-12-26(13-15-27)24(29)20-17-19(10-11-22(20)28)16-18-6-2-1-3-7-18/h1-11,17,28H,12-16H2. The number of amides is 1. The number of hydrogen-bond donors (Lipinski definition) is 1. The number of aromatic hydroxyl groups is 1. The van der Waals surface area contributed by atoms with Crippen molar-refractivity contribution < 1.29 is 18.3 Å². The van der Waals surface area contributed by atoms with Crippen LogP contribution in [0.5, 0.6) is 5.75 Å². The molecule has 3 aromatic rings. The third-order valence-corrected chi connectivity index (χ3v) is 7.92. The summed E-state index contributed by atoms with van der Waals surface area (Å²) in [6.07, 6.45) is 0.644. The maximum absolute atomic E-state index is 13.1. The SMILES string of the molecule is O=C(c1cc(Cc2ccccc2)ccc1O)N1CCN(S(=O)(=O)c2ccccc2Cl)CC1. The van der Waals surface area contributed by atoms with Crippen molar-refractivity contribution in [3.05, 3.63) is 94.5 Å². The van der Waals surface area contributed by atoms with Gasteiger partial charge in [-0.2, -0.15) is 4.31 Å². The molecule has 8 heteroatoms. The van der Waals surface area contributed by atoms with Crippen molar-refractivity contribution in [3.63, 3.8) is 0 Å². The minimum atomic E-state index is -3.74. The van der Waals surface area contributed by atoms with Crippen LogP contribution in [0.4, 0.5) is 0 Å². The first-order valence-electron chi connectivity index (χ1n) is 10.3. The van der Waals surface area contributed by atoms with Gasteiger partial charge in [-0.15, -0.1) is 0 Å². The number of carbonyl (C=O) groups excluding carboxylic acids is 1. The molecule has 0 radical (unpaired) electrons. The third kappa shape index (κ3) is 4.65. The van der Waals surface area contributed by atoms with Crippen LogP contribution in [0, 0.1) is 0 Å². The van der Waals surface area contributed by atoms with Crippen molar-refractivity contribution in [1.82, 2.24) is 9.21 Å². The molecule has 4 rings (SSSR count). The summed E-state index contributed by atoms with van der Waals surface area (Å²) in [5, 5.41) is 10.5. The smallest absolute Gasteiger partial charge is 0.257 e. The lowest BCUT2D eigenvalue weighted by Gasteiger charge is -2.34. The molecule has 32 heavy (non-hydrogen) atoms. The average molecular weight is 471 g/mol. The molecule has 1 amide bonds. The van der Waals surface area contributed by atoms with Crippen molar-refractivity contribution in [2.75, 3.05) is 26.2 Å². The second-order valence-electron chi connectivity index (χ2n) is 7.64. The molecule has 0 spiro atoms. The van der Waals surface area contributed by atoms with Crippen molar-refractivity contribution in [1.29, 1.82) is 0 Å². The van der Waals surface area contributed by atoms with E-state index in [-0.39, 0.29) is 53.3 Å². The van der Waals surface area contributed by atoms with Gasteiger partial charge in [0.25, 0.3) is 5.91 Å². The first-order chi connectivity index (χ1) is 15.4. The number of sulfonamides is 1. The third-order valence-electron chi connectivity index (χ3n) is 5.52. The van der Waals surface area contributed by atoms with Crippen LogP contribution in [0.15, 0.2) is 77.7 Å². The molecule has 0 saturated carbocycles. The highest BCUT2D eigenvalue weighted by Gasteiger charge is 2.32. The van der Waals surface area contributed by atoms with Crippen LogP contribution in [0.25, 0.3) is 0 Å². The molecular weight excluding hydrogens is 448 g/mol. The molecule has 1 aliphatic rings. The minimum absolute atomic E-state index is 0.0627. The summed E-state index contributed by atoms with van der Waals surface area (Å²) in [6, 6.07) is 21.2. The summed E-state index contributed by atoms with van der Waals surface area (Å²) in [5.41, 5.74) is 2.24. The Morgan fingerprint density at radius 2 is 1.53 bits per heavy atom. The fourth-order valence-electron chi connectivity index (χ4n) is 3.79. The lowest BCUT2D eigenvalue weighted by Crippen LogP contribution is -2.50. The molecule has 1 saturated heterocycles. The molecule has 166 valence electrons. The predicted octanol–water partition coefficient (Wildman–Crippen LogP) is 3.78. The maximum Gasteiger partial charge on any atom is 0.257 e. The Hall–Kier alpha value is -2.87. The summed E-state index contributed by atoms with van der Waals surface area (Å²) < 4.78 is 27.2. The fraction of sp³-hybridized carbons (Fsp3) is 0.208. The quantitative estimate of drug-likeness (QED) is 0.615. The van der Waals surface area contributed by atoms with Crippen LogP contribution in [-0.4, -0.2) is 54.8 Å². The second-order valence-corrected chi connectivity index (χ2v) is 9.95. The highest BCUT2D eigenvalue weighted by Crippen LogP contribution is 2.26. The summed E-state index contributed by atoms with van der Waals surface area (Å²) >= 11 is 6.08. The molecule has 1 heterocycles. The number of phenols is 1. The van der Waals surface area contributed by atoms with Crippen LogP contribution < -0.4 is 0 Å². The van der Waals surface area contributed by atoms with Gasteiger partial charge in [-0.05, 0) is 41.8 Å².